The first-order valence-corrected chi connectivity index (χ1v) is 7.44. The summed E-state index contributed by atoms with van der Waals surface area (Å²) in [5, 5.41) is 0. The van der Waals surface area contributed by atoms with E-state index in [0.717, 1.165) is 10.9 Å². The summed E-state index contributed by atoms with van der Waals surface area (Å²) < 4.78 is 27.0. The van der Waals surface area contributed by atoms with Gasteiger partial charge in [0.2, 0.25) is 10.0 Å². The van der Waals surface area contributed by atoms with Gasteiger partial charge in [-0.3, -0.25) is 0 Å². The first kappa shape index (κ1) is 13.7. The molecule has 0 aromatic heterocycles. The fourth-order valence-electron chi connectivity index (χ4n) is 1.18. The van der Waals surface area contributed by atoms with E-state index in [1.165, 1.54) is 0 Å². The molecule has 0 aliphatic carbocycles. The molecular formula is C11H16BrNO2S. The van der Waals surface area contributed by atoms with Crippen molar-refractivity contribution >= 4 is 26.0 Å². The summed E-state index contributed by atoms with van der Waals surface area (Å²) in [5.74, 6) is 0.493. The summed E-state index contributed by atoms with van der Waals surface area (Å²) in [6.07, 6.45) is 0.843. The maximum Gasteiger partial charge on any atom is 0.240 e. The molecule has 0 saturated carbocycles. The van der Waals surface area contributed by atoms with Crippen molar-refractivity contribution in [1.82, 2.24) is 4.72 Å². The SMILES string of the molecule is CC(C)CCNS(=O)(=O)c1ccc(Br)cc1. The molecule has 0 spiro atoms. The Hall–Kier alpha value is -0.390. The quantitative estimate of drug-likeness (QED) is 0.909. The van der Waals surface area contributed by atoms with Gasteiger partial charge in [0.25, 0.3) is 0 Å². The number of benzene rings is 1. The molecule has 0 aliphatic rings. The summed E-state index contributed by atoms with van der Waals surface area (Å²) in [6, 6.07) is 6.61. The maximum absolute atomic E-state index is 11.8. The minimum Gasteiger partial charge on any atom is -0.211 e. The zero-order valence-electron chi connectivity index (χ0n) is 9.40. The van der Waals surface area contributed by atoms with Gasteiger partial charge in [0.1, 0.15) is 0 Å². The van der Waals surface area contributed by atoms with Crippen molar-refractivity contribution in [2.75, 3.05) is 6.54 Å². The van der Waals surface area contributed by atoms with Crippen LogP contribution in [0.4, 0.5) is 0 Å². The van der Waals surface area contributed by atoms with E-state index >= 15 is 0 Å². The number of rotatable bonds is 5. The van der Waals surface area contributed by atoms with Crippen LogP contribution in [0, 0.1) is 5.92 Å². The molecule has 1 rings (SSSR count). The van der Waals surface area contributed by atoms with E-state index in [2.05, 4.69) is 34.5 Å². The average Bonchev–Trinajstić information content (AvgIpc) is 2.17. The number of sulfonamides is 1. The zero-order chi connectivity index (χ0) is 12.2. The van der Waals surface area contributed by atoms with Gasteiger partial charge in [-0.25, -0.2) is 13.1 Å². The van der Waals surface area contributed by atoms with Gasteiger partial charge >= 0.3 is 0 Å². The van der Waals surface area contributed by atoms with Gasteiger partial charge in [-0.05, 0) is 36.6 Å². The Balaban J connectivity index is 2.67. The Kier molecular flexibility index (Phi) is 4.95. The molecule has 1 aromatic carbocycles. The van der Waals surface area contributed by atoms with E-state index in [-0.39, 0.29) is 0 Å². The summed E-state index contributed by atoms with van der Waals surface area (Å²) in [6.45, 7) is 4.61. The van der Waals surface area contributed by atoms with Crippen molar-refractivity contribution < 1.29 is 8.42 Å². The van der Waals surface area contributed by atoms with Crippen molar-refractivity contribution in [1.29, 1.82) is 0 Å². The third-order valence-electron chi connectivity index (χ3n) is 2.14. The summed E-state index contributed by atoms with van der Waals surface area (Å²) in [7, 11) is -3.34. The fraction of sp³-hybridized carbons (Fsp3) is 0.455. The molecule has 0 saturated heterocycles. The molecule has 90 valence electrons. The van der Waals surface area contributed by atoms with E-state index in [1.54, 1.807) is 24.3 Å². The third-order valence-corrected chi connectivity index (χ3v) is 4.14. The van der Waals surface area contributed by atoms with Gasteiger partial charge in [-0.2, -0.15) is 0 Å². The second-order valence-corrected chi connectivity index (χ2v) is 6.72. The predicted molar refractivity (Wildman–Crippen MR) is 68.8 cm³/mol. The lowest BCUT2D eigenvalue weighted by atomic mass is 10.1. The van der Waals surface area contributed by atoms with Crippen LogP contribution in [0.15, 0.2) is 33.6 Å². The normalized spacial score (nSPS) is 12.0. The van der Waals surface area contributed by atoms with Gasteiger partial charge < -0.3 is 0 Å². The van der Waals surface area contributed by atoms with Gasteiger partial charge in [-0.15, -0.1) is 0 Å². The van der Waals surface area contributed by atoms with Gasteiger partial charge in [0, 0.05) is 11.0 Å². The molecule has 0 amide bonds. The standard InChI is InChI=1S/C11H16BrNO2S/c1-9(2)7-8-13-16(14,15)11-5-3-10(12)4-6-11/h3-6,9,13H,7-8H2,1-2H3. The van der Waals surface area contributed by atoms with Crippen LogP contribution in [0.1, 0.15) is 20.3 Å². The highest BCUT2D eigenvalue weighted by molar-refractivity contribution is 9.10. The molecule has 0 radical (unpaired) electrons. The highest BCUT2D eigenvalue weighted by atomic mass is 79.9. The molecule has 0 bridgehead atoms. The molecule has 0 heterocycles. The van der Waals surface area contributed by atoms with Gasteiger partial charge in [0.05, 0.1) is 4.90 Å². The van der Waals surface area contributed by atoms with Gasteiger partial charge in [0.15, 0.2) is 0 Å². The lowest BCUT2D eigenvalue weighted by Gasteiger charge is -2.08. The summed E-state index contributed by atoms with van der Waals surface area (Å²) in [5.41, 5.74) is 0. The third kappa shape index (κ3) is 4.23. The van der Waals surface area contributed by atoms with Crippen molar-refractivity contribution in [3.05, 3.63) is 28.7 Å². The van der Waals surface area contributed by atoms with Crippen LogP contribution in [0.5, 0.6) is 0 Å². The largest absolute Gasteiger partial charge is 0.240 e. The van der Waals surface area contributed by atoms with Crippen molar-refractivity contribution in [3.63, 3.8) is 0 Å². The number of halogens is 1. The molecular weight excluding hydrogens is 290 g/mol. The molecule has 16 heavy (non-hydrogen) atoms. The van der Waals surface area contributed by atoms with E-state index in [0.29, 0.717) is 17.4 Å². The van der Waals surface area contributed by atoms with Crippen molar-refractivity contribution in [3.8, 4) is 0 Å². The molecule has 5 heteroatoms. The number of hydrogen-bond acceptors (Lipinski definition) is 2. The van der Waals surface area contributed by atoms with Crippen molar-refractivity contribution in [2.24, 2.45) is 5.92 Å². The molecule has 0 fully saturated rings. The van der Waals surface area contributed by atoms with E-state index in [4.69, 9.17) is 0 Å². The maximum atomic E-state index is 11.8. The number of nitrogens with one attached hydrogen (secondary N) is 1. The Morgan fingerprint density at radius 3 is 2.31 bits per heavy atom. The van der Waals surface area contributed by atoms with Crippen LogP contribution in [0.25, 0.3) is 0 Å². The van der Waals surface area contributed by atoms with E-state index in [9.17, 15) is 8.42 Å². The smallest absolute Gasteiger partial charge is 0.211 e. The highest BCUT2D eigenvalue weighted by Crippen LogP contribution is 2.14. The minimum absolute atomic E-state index is 0.305. The Labute approximate surface area is 105 Å². The molecule has 0 unspecified atom stereocenters. The predicted octanol–water partition coefficient (Wildman–Crippen LogP) is 2.77. The first-order valence-electron chi connectivity index (χ1n) is 5.17. The second kappa shape index (κ2) is 5.80. The summed E-state index contributed by atoms with van der Waals surface area (Å²) in [4.78, 5) is 0.305. The van der Waals surface area contributed by atoms with Crippen LogP contribution in [-0.2, 0) is 10.0 Å². The van der Waals surface area contributed by atoms with Crippen LogP contribution in [-0.4, -0.2) is 15.0 Å². The molecule has 0 aliphatic heterocycles. The molecule has 0 atom stereocenters. The topological polar surface area (TPSA) is 46.2 Å². The van der Waals surface area contributed by atoms with Crippen LogP contribution < -0.4 is 4.72 Å². The fourth-order valence-corrected chi connectivity index (χ4v) is 2.49. The Morgan fingerprint density at radius 1 is 1.25 bits per heavy atom. The molecule has 1 N–H and O–H groups in total. The van der Waals surface area contributed by atoms with Crippen LogP contribution >= 0.6 is 15.9 Å². The Bertz CT molecular complexity index is 426. The van der Waals surface area contributed by atoms with Crippen molar-refractivity contribution in [2.45, 2.75) is 25.2 Å². The lowest BCUT2D eigenvalue weighted by Crippen LogP contribution is -2.25. The van der Waals surface area contributed by atoms with E-state index in [1.807, 2.05) is 0 Å². The average molecular weight is 306 g/mol. The molecule has 3 nitrogen and oxygen atoms in total. The van der Waals surface area contributed by atoms with Gasteiger partial charge in [-0.1, -0.05) is 29.8 Å². The van der Waals surface area contributed by atoms with Crippen LogP contribution in [0.3, 0.4) is 0 Å². The first-order chi connectivity index (χ1) is 7.42. The van der Waals surface area contributed by atoms with Crippen LogP contribution in [0.2, 0.25) is 0 Å². The number of hydrogen-bond donors (Lipinski definition) is 1. The lowest BCUT2D eigenvalue weighted by molar-refractivity contribution is 0.551. The Morgan fingerprint density at radius 2 is 1.81 bits per heavy atom. The molecule has 1 aromatic rings. The second-order valence-electron chi connectivity index (χ2n) is 4.03. The minimum atomic E-state index is -3.34. The summed E-state index contributed by atoms with van der Waals surface area (Å²) >= 11 is 3.27. The monoisotopic (exact) mass is 305 g/mol. The highest BCUT2D eigenvalue weighted by Gasteiger charge is 2.12. The zero-order valence-corrected chi connectivity index (χ0v) is 11.8. The van der Waals surface area contributed by atoms with E-state index < -0.39 is 10.0 Å².